The molecule has 1 aromatic carbocycles. The van der Waals surface area contributed by atoms with Gasteiger partial charge in [-0.15, -0.1) is 0 Å². The molecule has 1 aliphatic heterocycles. The van der Waals surface area contributed by atoms with E-state index in [0.717, 1.165) is 6.07 Å². The van der Waals surface area contributed by atoms with Crippen molar-refractivity contribution in [1.82, 2.24) is 4.90 Å². The van der Waals surface area contributed by atoms with E-state index in [1.807, 2.05) is 0 Å². The van der Waals surface area contributed by atoms with Crippen LogP contribution in [0.5, 0.6) is 0 Å². The van der Waals surface area contributed by atoms with Crippen molar-refractivity contribution < 1.29 is 23.8 Å². The molecule has 1 saturated heterocycles. The standard InChI is InChI=1S/C15H13NO6/c17-10-7-12(22-11-4-2-1-3-9(10)11)14(18)16-5-6-21-13(8-16)15(19)20/h1-4,7,13H,5-6,8H2,(H,19,20)/t13-/m1/s1. The first-order valence-corrected chi connectivity index (χ1v) is 6.73. The van der Waals surface area contributed by atoms with Crippen LogP contribution in [0.25, 0.3) is 11.0 Å². The van der Waals surface area contributed by atoms with E-state index >= 15 is 0 Å². The smallest absolute Gasteiger partial charge is 0.334 e. The summed E-state index contributed by atoms with van der Waals surface area (Å²) in [4.78, 5) is 36.7. The maximum atomic E-state index is 12.4. The Hall–Kier alpha value is -2.67. The summed E-state index contributed by atoms with van der Waals surface area (Å²) in [6.07, 6.45) is -1.06. The molecule has 22 heavy (non-hydrogen) atoms. The number of aliphatic carboxylic acids is 1. The highest BCUT2D eigenvalue weighted by atomic mass is 16.5. The lowest BCUT2D eigenvalue weighted by molar-refractivity contribution is -0.154. The van der Waals surface area contributed by atoms with Crippen LogP contribution in [0.2, 0.25) is 0 Å². The Balaban J connectivity index is 1.92. The van der Waals surface area contributed by atoms with Crippen LogP contribution >= 0.6 is 0 Å². The molecule has 1 aromatic heterocycles. The number of carboxylic acid groups (broad SMARTS) is 1. The number of ether oxygens (including phenoxy) is 1. The Bertz CT molecular complexity index is 796. The Morgan fingerprint density at radius 2 is 2.05 bits per heavy atom. The first-order valence-electron chi connectivity index (χ1n) is 6.73. The summed E-state index contributed by atoms with van der Waals surface area (Å²) in [6.45, 7) is 0.296. The summed E-state index contributed by atoms with van der Waals surface area (Å²) in [5.74, 6) is -1.75. The molecule has 0 unspecified atom stereocenters. The number of carbonyl (C=O) groups excluding carboxylic acids is 1. The molecule has 7 nitrogen and oxygen atoms in total. The fraction of sp³-hybridized carbons (Fsp3) is 0.267. The third-order valence-electron chi connectivity index (χ3n) is 3.47. The molecule has 114 valence electrons. The predicted molar refractivity (Wildman–Crippen MR) is 75.8 cm³/mol. The van der Waals surface area contributed by atoms with Gasteiger partial charge < -0.3 is 19.2 Å². The van der Waals surface area contributed by atoms with E-state index in [-0.39, 0.29) is 30.9 Å². The van der Waals surface area contributed by atoms with Crippen molar-refractivity contribution in [2.45, 2.75) is 6.10 Å². The molecule has 1 atom stereocenters. The van der Waals surface area contributed by atoms with E-state index in [9.17, 15) is 14.4 Å². The molecule has 3 rings (SSSR count). The van der Waals surface area contributed by atoms with Crippen LogP contribution in [0, 0.1) is 0 Å². The Kier molecular flexibility index (Phi) is 3.64. The Labute approximate surface area is 124 Å². The topological polar surface area (TPSA) is 97.1 Å². The van der Waals surface area contributed by atoms with Gasteiger partial charge in [0.15, 0.2) is 17.3 Å². The zero-order chi connectivity index (χ0) is 15.7. The van der Waals surface area contributed by atoms with E-state index < -0.39 is 18.0 Å². The van der Waals surface area contributed by atoms with Crippen molar-refractivity contribution in [3.05, 3.63) is 46.3 Å². The van der Waals surface area contributed by atoms with Gasteiger partial charge in [-0.1, -0.05) is 12.1 Å². The van der Waals surface area contributed by atoms with Gasteiger partial charge in [0, 0.05) is 12.6 Å². The minimum absolute atomic E-state index is 0.0787. The van der Waals surface area contributed by atoms with Gasteiger partial charge in [-0.05, 0) is 12.1 Å². The highest BCUT2D eigenvalue weighted by molar-refractivity contribution is 5.93. The monoisotopic (exact) mass is 303 g/mol. The molecular weight excluding hydrogens is 290 g/mol. The quantitative estimate of drug-likeness (QED) is 0.878. The van der Waals surface area contributed by atoms with Crippen molar-refractivity contribution >= 4 is 22.8 Å². The number of fused-ring (bicyclic) bond motifs is 1. The third-order valence-corrected chi connectivity index (χ3v) is 3.47. The summed E-state index contributed by atoms with van der Waals surface area (Å²) in [6, 6.07) is 7.77. The van der Waals surface area contributed by atoms with Crippen molar-refractivity contribution in [1.29, 1.82) is 0 Å². The Morgan fingerprint density at radius 3 is 2.82 bits per heavy atom. The second-order valence-electron chi connectivity index (χ2n) is 4.92. The highest BCUT2D eigenvalue weighted by Gasteiger charge is 2.30. The molecular formula is C15H13NO6. The number of morpholine rings is 1. The molecule has 0 spiro atoms. The summed E-state index contributed by atoms with van der Waals surface area (Å²) in [7, 11) is 0. The van der Waals surface area contributed by atoms with E-state index in [1.165, 1.54) is 4.90 Å². The molecule has 0 radical (unpaired) electrons. The van der Waals surface area contributed by atoms with Gasteiger partial charge >= 0.3 is 5.97 Å². The van der Waals surface area contributed by atoms with Gasteiger partial charge in [-0.2, -0.15) is 0 Å². The summed E-state index contributed by atoms with van der Waals surface area (Å²) in [5.41, 5.74) is 0.00892. The van der Waals surface area contributed by atoms with E-state index in [0.29, 0.717) is 11.0 Å². The average molecular weight is 303 g/mol. The highest BCUT2D eigenvalue weighted by Crippen LogP contribution is 2.15. The minimum atomic E-state index is -1.13. The molecule has 1 fully saturated rings. The number of benzene rings is 1. The van der Waals surface area contributed by atoms with Gasteiger partial charge in [0.1, 0.15) is 5.58 Å². The van der Waals surface area contributed by atoms with E-state index in [2.05, 4.69) is 0 Å². The van der Waals surface area contributed by atoms with Gasteiger partial charge in [0.2, 0.25) is 0 Å². The first kappa shape index (κ1) is 14.3. The van der Waals surface area contributed by atoms with Gasteiger partial charge in [-0.25, -0.2) is 4.79 Å². The fourth-order valence-corrected chi connectivity index (χ4v) is 2.35. The average Bonchev–Trinajstić information content (AvgIpc) is 2.54. The largest absolute Gasteiger partial charge is 0.479 e. The van der Waals surface area contributed by atoms with Gasteiger partial charge in [0.05, 0.1) is 18.5 Å². The van der Waals surface area contributed by atoms with Crippen molar-refractivity contribution in [3.8, 4) is 0 Å². The SMILES string of the molecule is O=C(O)[C@H]1CN(C(=O)c2cc(=O)c3ccccc3o2)CCO1. The molecule has 2 heterocycles. The Morgan fingerprint density at radius 1 is 1.27 bits per heavy atom. The molecule has 2 aromatic rings. The lowest BCUT2D eigenvalue weighted by Crippen LogP contribution is -2.48. The molecule has 1 aliphatic rings. The second-order valence-corrected chi connectivity index (χ2v) is 4.92. The summed E-state index contributed by atoms with van der Waals surface area (Å²) in [5, 5.41) is 9.35. The molecule has 1 N–H and O–H groups in total. The minimum Gasteiger partial charge on any atom is -0.479 e. The molecule has 0 saturated carbocycles. The zero-order valence-corrected chi connectivity index (χ0v) is 11.5. The van der Waals surface area contributed by atoms with Crippen LogP contribution in [0.1, 0.15) is 10.6 Å². The maximum Gasteiger partial charge on any atom is 0.334 e. The van der Waals surface area contributed by atoms with Gasteiger partial charge in [0.25, 0.3) is 5.91 Å². The number of carboxylic acids is 1. The normalized spacial score (nSPS) is 18.4. The van der Waals surface area contributed by atoms with E-state index in [4.69, 9.17) is 14.3 Å². The van der Waals surface area contributed by atoms with Crippen LogP contribution in [0.15, 0.2) is 39.5 Å². The molecule has 7 heteroatoms. The van der Waals surface area contributed by atoms with Crippen molar-refractivity contribution in [2.24, 2.45) is 0 Å². The number of rotatable bonds is 2. The number of hydrogen-bond donors (Lipinski definition) is 1. The van der Waals surface area contributed by atoms with Crippen LogP contribution in [-0.2, 0) is 9.53 Å². The summed E-state index contributed by atoms with van der Waals surface area (Å²) >= 11 is 0. The summed E-state index contributed by atoms with van der Waals surface area (Å²) < 4.78 is 10.5. The van der Waals surface area contributed by atoms with Crippen LogP contribution < -0.4 is 5.43 Å². The van der Waals surface area contributed by atoms with E-state index in [1.54, 1.807) is 24.3 Å². The van der Waals surface area contributed by atoms with Gasteiger partial charge in [-0.3, -0.25) is 9.59 Å². The van der Waals surface area contributed by atoms with Crippen LogP contribution in [-0.4, -0.2) is 47.7 Å². The maximum absolute atomic E-state index is 12.4. The number of carbonyl (C=O) groups is 2. The fourth-order valence-electron chi connectivity index (χ4n) is 2.35. The predicted octanol–water partition coefficient (Wildman–Crippen LogP) is 0.719. The molecule has 1 amide bonds. The second kappa shape index (κ2) is 5.61. The molecule has 0 aliphatic carbocycles. The lowest BCUT2D eigenvalue weighted by Gasteiger charge is -2.30. The number of hydrogen-bond acceptors (Lipinski definition) is 5. The van der Waals surface area contributed by atoms with Crippen molar-refractivity contribution in [2.75, 3.05) is 19.7 Å². The first-order chi connectivity index (χ1) is 10.6. The number of nitrogens with zero attached hydrogens (tertiary/aromatic N) is 1. The molecule has 0 bridgehead atoms. The third kappa shape index (κ3) is 2.58. The van der Waals surface area contributed by atoms with Crippen LogP contribution in [0.3, 0.4) is 0 Å². The number of para-hydroxylation sites is 1. The van der Waals surface area contributed by atoms with Crippen LogP contribution in [0.4, 0.5) is 0 Å². The van der Waals surface area contributed by atoms with Crippen molar-refractivity contribution in [3.63, 3.8) is 0 Å². The lowest BCUT2D eigenvalue weighted by atomic mass is 10.2. The zero-order valence-electron chi connectivity index (χ0n) is 11.5. The number of amides is 1.